The molecule has 1 aliphatic rings. The molecular weight excluding hydrogens is 260 g/mol. The third kappa shape index (κ3) is 3.65. The maximum Gasteiger partial charge on any atom is 0.241 e. The highest BCUT2D eigenvalue weighted by Gasteiger charge is 2.40. The Kier molecular flexibility index (Phi) is 4.72. The molecule has 1 saturated heterocycles. The van der Waals surface area contributed by atoms with E-state index in [0.717, 1.165) is 19.4 Å². The molecule has 1 aromatic rings. The number of benzene rings is 1. The predicted octanol–water partition coefficient (Wildman–Crippen LogP) is 3.64. The van der Waals surface area contributed by atoms with Gasteiger partial charge in [0.25, 0.3) is 0 Å². The van der Waals surface area contributed by atoms with Gasteiger partial charge in [0.15, 0.2) is 0 Å². The summed E-state index contributed by atoms with van der Waals surface area (Å²) in [5.41, 5.74) is 2.55. The third-order valence-corrected chi connectivity index (χ3v) is 3.96. The summed E-state index contributed by atoms with van der Waals surface area (Å²) in [5, 5.41) is 3.55. The number of carbonyl (C=O) groups is 1. The standard InChI is InChI=1S/C18H28N2O/c1-6-9-15-17(21)20(12-18(3,4)5)16(19-15)14-11-8-7-10-13(14)2/h7-8,10-11,15-16,19H,6,9,12H2,1-5H3. The first-order valence-corrected chi connectivity index (χ1v) is 7.95. The molecule has 1 aliphatic heterocycles. The minimum Gasteiger partial charge on any atom is -0.321 e. The van der Waals surface area contributed by atoms with E-state index in [2.05, 4.69) is 58.1 Å². The van der Waals surface area contributed by atoms with Crippen molar-refractivity contribution in [1.29, 1.82) is 0 Å². The van der Waals surface area contributed by atoms with Gasteiger partial charge in [-0.1, -0.05) is 58.4 Å². The topological polar surface area (TPSA) is 32.3 Å². The monoisotopic (exact) mass is 288 g/mol. The van der Waals surface area contributed by atoms with Crippen LogP contribution in [0.2, 0.25) is 0 Å². The summed E-state index contributed by atoms with van der Waals surface area (Å²) in [4.78, 5) is 14.8. The summed E-state index contributed by atoms with van der Waals surface area (Å²) in [5.74, 6) is 0.250. The minimum atomic E-state index is -0.0399. The SMILES string of the molecule is CCCC1NC(c2ccccc2C)N(CC(C)(C)C)C1=O. The number of rotatable bonds is 4. The first-order valence-electron chi connectivity index (χ1n) is 7.95. The third-order valence-electron chi connectivity index (χ3n) is 3.96. The van der Waals surface area contributed by atoms with Gasteiger partial charge in [0.2, 0.25) is 5.91 Å². The van der Waals surface area contributed by atoms with Gasteiger partial charge in [0.1, 0.15) is 6.17 Å². The Morgan fingerprint density at radius 1 is 1.24 bits per heavy atom. The van der Waals surface area contributed by atoms with Crippen LogP contribution in [0.25, 0.3) is 0 Å². The van der Waals surface area contributed by atoms with Gasteiger partial charge in [0.05, 0.1) is 6.04 Å². The predicted molar refractivity (Wildman–Crippen MR) is 86.9 cm³/mol. The molecule has 0 radical (unpaired) electrons. The molecule has 1 aromatic carbocycles. The average molecular weight is 288 g/mol. The first kappa shape index (κ1) is 16.0. The fourth-order valence-corrected chi connectivity index (χ4v) is 3.01. The molecule has 2 atom stereocenters. The molecule has 1 N–H and O–H groups in total. The van der Waals surface area contributed by atoms with Crippen LogP contribution in [0, 0.1) is 12.3 Å². The second-order valence-electron chi connectivity index (χ2n) is 7.29. The quantitative estimate of drug-likeness (QED) is 0.917. The van der Waals surface area contributed by atoms with E-state index in [4.69, 9.17) is 0 Å². The van der Waals surface area contributed by atoms with Crippen molar-refractivity contribution in [3.63, 3.8) is 0 Å². The van der Waals surface area contributed by atoms with Crippen molar-refractivity contribution in [2.24, 2.45) is 5.41 Å². The van der Waals surface area contributed by atoms with Gasteiger partial charge in [-0.3, -0.25) is 10.1 Å². The molecule has 116 valence electrons. The summed E-state index contributed by atoms with van der Waals surface area (Å²) < 4.78 is 0. The number of carbonyl (C=O) groups excluding carboxylic acids is 1. The van der Waals surface area contributed by atoms with E-state index < -0.39 is 0 Å². The Morgan fingerprint density at radius 3 is 2.48 bits per heavy atom. The van der Waals surface area contributed by atoms with E-state index in [1.165, 1.54) is 11.1 Å². The number of aryl methyl sites for hydroxylation is 1. The largest absolute Gasteiger partial charge is 0.321 e. The Balaban J connectivity index is 2.32. The molecule has 21 heavy (non-hydrogen) atoms. The van der Waals surface area contributed by atoms with Crippen LogP contribution in [0.1, 0.15) is 57.8 Å². The van der Waals surface area contributed by atoms with Crippen molar-refractivity contribution in [2.75, 3.05) is 6.54 Å². The average Bonchev–Trinajstić information content (AvgIpc) is 2.67. The van der Waals surface area contributed by atoms with Crippen LogP contribution >= 0.6 is 0 Å². The molecule has 1 fully saturated rings. The lowest BCUT2D eigenvalue weighted by Gasteiger charge is -2.31. The lowest BCUT2D eigenvalue weighted by molar-refractivity contribution is -0.131. The maximum absolute atomic E-state index is 12.7. The molecule has 0 spiro atoms. The molecule has 3 heteroatoms. The molecule has 2 rings (SSSR count). The zero-order chi connectivity index (χ0) is 15.6. The van der Waals surface area contributed by atoms with Crippen molar-refractivity contribution in [1.82, 2.24) is 10.2 Å². The van der Waals surface area contributed by atoms with Gasteiger partial charge in [0, 0.05) is 6.54 Å². The number of nitrogens with zero attached hydrogens (tertiary/aromatic N) is 1. The lowest BCUT2D eigenvalue weighted by atomic mass is 9.95. The molecule has 3 nitrogen and oxygen atoms in total. The van der Waals surface area contributed by atoms with E-state index in [1.54, 1.807) is 0 Å². The van der Waals surface area contributed by atoms with Crippen LogP contribution < -0.4 is 5.32 Å². The number of hydrogen-bond donors (Lipinski definition) is 1. The van der Waals surface area contributed by atoms with Crippen molar-refractivity contribution in [3.8, 4) is 0 Å². The fourth-order valence-electron chi connectivity index (χ4n) is 3.01. The molecule has 0 aliphatic carbocycles. The van der Waals surface area contributed by atoms with E-state index in [1.807, 2.05) is 11.0 Å². The van der Waals surface area contributed by atoms with Crippen LogP contribution in [-0.4, -0.2) is 23.4 Å². The van der Waals surface area contributed by atoms with Crippen LogP contribution in [0.5, 0.6) is 0 Å². The molecule has 1 amide bonds. The highest BCUT2D eigenvalue weighted by molar-refractivity contribution is 5.84. The highest BCUT2D eigenvalue weighted by atomic mass is 16.2. The maximum atomic E-state index is 12.7. The van der Waals surface area contributed by atoms with Crippen molar-refractivity contribution < 1.29 is 4.79 Å². The van der Waals surface area contributed by atoms with Gasteiger partial charge < -0.3 is 4.90 Å². The van der Waals surface area contributed by atoms with E-state index in [-0.39, 0.29) is 23.5 Å². The Morgan fingerprint density at radius 2 is 1.90 bits per heavy atom. The van der Waals surface area contributed by atoms with Gasteiger partial charge >= 0.3 is 0 Å². The second kappa shape index (κ2) is 6.18. The van der Waals surface area contributed by atoms with Crippen molar-refractivity contribution in [2.45, 2.75) is 59.7 Å². The van der Waals surface area contributed by atoms with Crippen LogP contribution in [0.15, 0.2) is 24.3 Å². The smallest absolute Gasteiger partial charge is 0.241 e. The minimum absolute atomic E-state index is 0.00877. The molecule has 1 heterocycles. The van der Waals surface area contributed by atoms with Gasteiger partial charge in [-0.25, -0.2) is 0 Å². The zero-order valence-electron chi connectivity index (χ0n) is 13.9. The number of nitrogens with one attached hydrogen (secondary N) is 1. The van der Waals surface area contributed by atoms with Gasteiger partial charge in [-0.05, 0) is 29.9 Å². The van der Waals surface area contributed by atoms with Gasteiger partial charge in [-0.15, -0.1) is 0 Å². The molecule has 2 unspecified atom stereocenters. The summed E-state index contributed by atoms with van der Waals surface area (Å²) in [6.07, 6.45) is 1.93. The van der Waals surface area contributed by atoms with Crippen LogP contribution in [-0.2, 0) is 4.79 Å². The van der Waals surface area contributed by atoms with Crippen molar-refractivity contribution >= 4 is 5.91 Å². The van der Waals surface area contributed by atoms with E-state index in [9.17, 15) is 4.79 Å². The fraction of sp³-hybridized carbons (Fsp3) is 0.611. The second-order valence-corrected chi connectivity index (χ2v) is 7.29. The van der Waals surface area contributed by atoms with Crippen LogP contribution in [0.4, 0.5) is 0 Å². The van der Waals surface area contributed by atoms with E-state index >= 15 is 0 Å². The summed E-state index contributed by atoms with van der Waals surface area (Å²) in [7, 11) is 0. The lowest BCUT2D eigenvalue weighted by Crippen LogP contribution is -2.37. The van der Waals surface area contributed by atoms with Gasteiger partial charge in [-0.2, -0.15) is 0 Å². The summed E-state index contributed by atoms with van der Waals surface area (Å²) in [6.45, 7) is 11.6. The summed E-state index contributed by atoms with van der Waals surface area (Å²) >= 11 is 0. The number of hydrogen-bond acceptors (Lipinski definition) is 2. The molecule has 0 bridgehead atoms. The highest BCUT2D eigenvalue weighted by Crippen LogP contribution is 2.31. The number of amides is 1. The van der Waals surface area contributed by atoms with Crippen molar-refractivity contribution in [3.05, 3.63) is 35.4 Å². The normalized spacial score (nSPS) is 22.9. The Bertz CT molecular complexity index is 504. The zero-order valence-corrected chi connectivity index (χ0v) is 13.9. The molecule has 0 saturated carbocycles. The summed E-state index contributed by atoms with van der Waals surface area (Å²) in [6, 6.07) is 8.31. The Hall–Kier alpha value is -1.35. The van der Waals surface area contributed by atoms with Crippen LogP contribution in [0.3, 0.4) is 0 Å². The Labute approximate surface area is 128 Å². The molecular formula is C18H28N2O. The molecule has 0 aromatic heterocycles. The first-order chi connectivity index (χ1) is 9.83. The van der Waals surface area contributed by atoms with E-state index in [0.29, 0.717) is 0 Å².